The lowest BCUT2D eigenvalue weighted by Crippen LogP contribution is -2.40. The molecule has 146 valence electrons. The zero-order valence-electron chi connectivity index (χ0n) is 16.3. The zero-order valence-corrected chi connectivity index (χ0v) is 16.3. The normalized spacial score (nSPS) is 17.6. The van der Waals surface area contributed by atoms with Crippen molar-refractivity contribution in [2.45, 2.75) is 26.3 Å². The summed E-state index contributed by atoms with van der Waals surface area (Å²) in [7, 11) is 1.91. The van der Waals surface area contributed by atoms with E-state index in [0.717, 1.165) is 54.3 Å². The lowest BCUT2D eigenvalue weighted by Gasteiger charge is -2.31. The van der Waals surface area contributed by atoms with Crippen molar-refractivity contribution in [2.24, 2.45) is 13.0 Å². The van der Waals surface area contributed by atoms with Gasteiger partial charge in [0.2, 0.25) is 5.91 Å². The molecule has 7 nitrogen and oxygen atoms in total. The minimum atomic E-state index is -0.0167. The van der Waals surface area contributed by atoms with Crippen LogP contribution >= 0.6 is 0 Å². The summed E-state index contributed by atoms with van der Waals surface area (Å²) in [6.45, 7) is 4.34. The summed E-state index contributed by atoms with van der Waals surface area (Å²) >= 11 is 0. The van der Waals surface area contributed by atoms with Crippen LogP contribution in [0.1, 0.15) is 24.3 Å². The highest BCUT2D eigenvalue weighted by molar-refractivity contribution is 5.92. The van der Waals surface area contributed by atoms with E-state index in [1.807, 2.05) is 61.2 Å². The SMILES string of the molecule is Cc1c(-c2cc(CN3CCC[C@H](C(=O)Nc4ccccc4)C3)on2)cnn1C. The van der Waals surface area contributed by atoms with Gasteiger partial charge in [0.1, 0.15) is 5.69 Å². The van der Waals surface area contributed by atoms with Crippen LogP contribution in [0.25, 0.3) is 11.3 Å². The van der Waals surface area contributed by atoms with Crippen molar-refractivity contribution in [3.8, 4) is 11.3 Å². The van der Waals surface area contributed by atoms with Crippen LogP contribution in [-0.4, -0.2) is 38.8 Å². The van der Waals surface area contributed by atoms with Gasteiger partial charge in [-0.25, -0.2) is 0 Å². The summed E-state index contributed by atoms with van der Waals surface area (Å²) in [5.74, 6) is 0.874. The predicted molar refractivity (Wildman–Crippen MR) is 107 cm³/mol. The van der Waals surface area contributed by atoms with Gasteiger partial charge < -0.3 is 9.84 Å². The molecule has 7 heteroatoms. The number of anilines is 1. The van der Waals surface area contributed by atoms with Gasteiger partial charge in [0.15, 0.2) is 5.76 Å². The Morgan fingerprint density at radius 3 is 2.89 bits per heavy atom. The van der Waals surface area contributed by atoms with Crippen LogP contribution in [0.15, 0.2) is 47.1 Å². The van der Waals surface area contributed by atoms with Crippen molar-refractivity contribution in [3.63, 3.8) is 0 Å². The van der Waals surface area contributed by atoms with Gasteiger partial charge in [0.05, 0.1) is 18.7 Å². The molecule has 3 heterocycles. The Kier molecular flexibility index (Phi) is 5.25. The van der Waals surface area contributed by atoms with Gasteiger partial charge in [0, 0.05) is 36.6 Å². The topological polar surface area (TPSA) is 76.2 Å². The van der Waals surface area contributed by atoms with Gasteiger partial charge in [-0.3, -0.25) is 14.4 Å². The fourth-order valence-corrected chi connectivity index (χ4v) is 3.66. The van der Waals surface area contributed by atoms with E-state index in [9.17, 15) is 4.79 Å². The average molecular weight is 379 g/mol. The Labute approximate surface area is 164 Å². The highest BCUT2D eigenvalue weighted by Crippen LogP contribution is 2.25. The summed E-state index contributed by atoms with van der Waals surface area (Å²) in [6.07, 6.45) is 3.71. The van der Waals surface area contributed by atoms with Gasteiger partial charge in [-0.05, 0) is 38.4 Å². The van der Waals surface area contributed by atoms with E-state index in [-0.39, 0.29) is 11.8 Å². The van der Waals surface area contributed by atoms with Crippen molar-refractivity contribution < 1.29 is 9.32 Å². The third kappa shape index (κ3) is 3.99. The molecule has 0 spiro atoms. The predicted octanol–water partition coefficient (Wildman–Crippen LogP) is 3.23. The van der Waals surface area contributed by atoms with E-state index in [2.05, 4.69) is 20.5 Å². The quantitative estimate of drug-likeness (QED) is 0.736. The number of para-hydroxylation sites is 1. The zero-order chi connectivity index (χ0) is 19.5. The Morgan fingerprint density at radius 1 is 1.32 bits per heavy atom. The molecule has 1 aliphatic rings. The highest BCUT2D eigenvalue weighted by atomic mass is 16.5. The third-order valence-electron chi connectivity index (χ3n) is 5.37. The molecule has 2 aromatic heterocycles. The van der Waals surface area contributed by atoms with Gasteiger partial charge in [-0.15, -0.1) is 0 Å². The van der Waals surface area contributed by atoms with Crippen LogP contribution in [0, 0.1) is 12.8 Å². The molecule has 0 radical (unpaired) electrons. The number of hydrogen-bond acceptors (Lipinski definition) is 5. The number of aryl methyl sites for hydroxylation is 1. The van der Waals surface area contributed by atoms with Crippen molar-refractivity contribution in [1.29, 1.82) is 0 Å². The van der Waals surface area contributed by atoms with Crippen molar-refractivity contribution in [2.75, 3.05) is 18.4 Å². The minimum Gasteiger partial charge on any atom is -0.359 e. The first kappa shape index (κ1) is 18.4. The van der Waals surface area contributed by atoms with Crippen molar-refractivity contribution >= 4 is 11.6 Å². The number of nitrogens with one attached hydrogen (secondary N) is 1. The number of piperidine rings is 1. The Morgan fingerprint density at radius 2 is 2.14 bits per heavy atom. The second kappa shape index (κ2) is 7.98. The fourth-order valence-electron chi connectivity index (χ4n) is 3.66. The minimum absolute atomic E-state index is 0.0167. The van der Waals surface area contributed by atoms with E-state index in [1.165, 1.54) is 0 Å². The summed E-state index contributed by atoms with van der Waals surface area (Å²) in [5.41, 5.74) is 3.68. The molecule has 0 saturated carbocycles. The number of rotatable bonds is 5. The van der Waals surface area contributed by atoms with E-state index >= 15 is 0 Å². The molecule has 4 rings (SSSR count). The molecule has 1 fully saturated rings. The molecule has 1 saturated heterocycles. The van der Waals surface area contributed by atoms with Gasteiger partial charge in [0.25, 0.3) is 0 Å². The maximum atomic E-state index is 12.6. The van der Waals surface area contributed by atoms with E-state index in [0.29, 0.717) is 6.54 Å². The highest BCUT2D eigenvalue weighted by Gasteiger charge is 2.26. The van der Waals surface area contributed by atoms with Crippen LogP contribution < -0.4 is 5.32 Å². The molecule has 0 unspecified atom stereocenters. The molecule has 1 N–H and O–H groups in total. The fraction of sp³-hybridized carbons (Fsp3) is 0.381. The largest absolute Gasteiger partial charge is 0.359 e. The second-order valence-corrected chi connectivity index (χ2v) is 7.38. The summed E-state index contributed by atoms with van der Waals surface area (Å²) in [6, 6.07) is 11.6. The van der Waals surface area contributed by atoms with Gasteiger partial charge in [-0.1, -0.05) is 23.4 Å². The number of amides is 1. The molecular weight excluding hydrogens is 354 g/mol. The molecule has 0 aliphatic carbocycles. The molecule has 1 atom stereocenters. The Balaban J connectivity index is 1.38. The number of carbonyl (C=O) groups excluding carboxylic acids is 1. The number of nitrogens with zero attached hydrogens (tertiary/aromatic N) is 4. The second-order valence-electron chi connectivity index (χ2n) is 7.38. The summed E-state index contributed by atoms with van der Waals surface area (Å²) < 4.78 is 7.37. The van der Waals surface area contributed by atoms with Gasteiger partial charge in [-0.2, -0.15) is 5.10 Å². The summed E-state index contributed by atoms with van der Waals surface area (Å²) in [5, 5.41) is 11.5. The average Bonchev–Trinajstić information content (AvgIpc) is 3.29. The van der Waals surface area contributed by atoms with Crippen LogP contribution in [0.2, 0.25) is 0 Å². The Hall–Kier alpha value is -2.93. The molecule has 0 bridgehead atoms. The monoisotopic (exact) mass is 379 g/mol. The first-order valence-electron chi connectivity index (χ1n) is 9.63. The van der Waals surface area contributed by atoms with E-state index in [4.69, 9.17) is 4.52 Å². The van der Waals surface area contributed by atoms with Crippen molar-refractivity contribution in [1.82, 2.24) is 19.8 Å². The number of likely N-dealkylation sites (tertiary alicyclic amines) is 1. The van der Waals surface area contributed by atoms with Crippen LogP contribution in [0.4, 0.5) is 5.69 Å². The van der Waals surface area contributed by atoms with E-state index < -0.39 is 0 Å². The van der Waals surface area contributed by atoms with Crippen LogP contribution in [0.3, 0.4) is 0 Å². The maximum absolute atomic E-state index is 12.6. The van der Waals surface area contributed by atoms with Crippen LogP contribution in [0.5, 0.6) is 0 Å². The molecule has 3 aromatic rings. The van der Waals surface area contributed by atoms with Gasteiger partial charge >= 0.3 is 0 Å². The van der Waals surface area contributed by atoms with Crippen molar-refractivity contribution in [3.05, 3.63) is 54.0 Å². The number of carbonyl (C=O) groups is 1. The number of hydrogen-bond donors (Lipinski definition) is 1. The first-order chi connectivity index (χ1) is 13.6. The molecule has 1 amide bonds. The number of benzene rings is 1. The lowest BCUT2D eigenvalue weighted by molar-refractivity contribution is -0.121. The summed E-state index contributed by atoms with van der Waals surface area (Å²) in [4.78, 5) is 14.9. The molecule has 1 aromatic carbocycles. The van der Waals surface area contributed by atoms with E-state index in [1.54, 1.807) is 0 Å². The number of aromatic nitrogens is 3. The lowest BCUT2D eigenvalue weighted by atomic mass is 9.97. The first-order valence-corrected chi connectivity index (χ1v) is 9.63. The molecule has 1 aliphatic heterocycles. The molecule has 28 heavy (non-hydrogen) atoms. The maximum Gasteiger partial charge on any atom is 0.228 e. The standard InChI is InChI=1S/C21H25N5O2/c1-15-19(12-22-25(15)2)20-11-18(28-24-20)14-26-10-6-7-16(13-26)21(27)23-17-8-4-3-5-9-17/h3-5,8-9,11-12,16H,6-7,10,13-14H2,1-2H3,(H,23,27)/t16-/m0/s1. The third-order valence-corrected chi connectivity index (χ3v) is 5.37. The molecular formula is C21H25N5O2. The van der Waals surface area contributed by atoms with Crippen LogP contribution in [-0.2, 0) is 18.4 Å². The smallest absolute Gasteiger partial charge is 0.228 e. The Bertz CT molecular complexity index is 947.